The second kappa shape index (κ2) is 8.36. The summed E-state index contributed by atoms with van der Waals surface area (Å²) in [6.45, 7) is 0.393. The molecule has 0 saturated carbocycles. The lowest BCUT2D eigenvalue weighted by Crippen LogP contribution is -2.17. The van der Waals surface area contributed by atoms with Crippen LogP contribution in [-0.2, 0) is 6.54 Å². The van der Waals surface area contributed by atoms with Crippen molar-refractivity contribution in [3.8, 4) is 16.9 Å². The summed E-state index contributed by atoms with van der Waals surface area (Å²) in [5, 5.41) is 14.0. The number of nitrogens with zero attached hydrogens (tertiary/aromatic N) is 4. The van der Waals surface area contributed by atoms with Gasteiger partial charge in [-0.05, 0) is 23.8 Å². The molecule has 0 saturated heterocycles. The summed E-state index contributed by atoms with van der Waals surface area (Å²) < 4.78 is 1.36. The number of non-ortho nitro benzene ring substituents is 1. The molecule has 148 valence electrons. The summed E-state index contributed by atoms with van der Waals surface area (Å²) in [5.74, 6) is 0. The fourth-order valence-electron chi connectivity index (χ4n) is 3.03. The van der Waals surface area contributed by atoms with E-state index in [1.54, 1.807) is 18.6 Å². The van der Waals surface area contributed by atoms with Crippen molar-refractivity contribution in [1.29, 1.82) is 0 Å². The monoisotopic (exact) mass is 399 g/mol. The highest BCUT2D eigenvalue weighted by molar-refractivity contribution is 5.88. The van der Waals surface area contributed by atoms with E-state index in [2.05, 4.69) is 15.1 Å². The predicted octanol–water partition coefficient (Wildman–Crippen LogP) is 3.75. The molecule has 0 radical (unpaired) electrons. The Hall–Kier alpha value is -4.33. The topological polar surface area (TPSA) is 106 Å². The van der Waals surface area contributed by atoms with Gasteiger partial charge in [-0.2, -0.15) is 0 Å². The lowest BCUT2D eigenvalue weighted by Gasteiger charge is -2.02. The molecule has 8 nitrogen and oxygen atoms in total. The van der Waals surface area contributed by atoms with Crippen molar-refractivity contribution in [1.82, 2.24) is 14.8 Å². The molecule has 0 amide bonds. The van der Waals surface area contributed by atoms with E-state index in [0.717, 1.165) is 11.1 Å². The fraction of sp³-hybridized carbons (Fsp3) is 0.0455. The number of nitro benzene ring substituents is 1. The summed E-state index contributed by atoms with van der Waals surface area (Å²) in [6.07, 6.45) is 4.97. The molecule has 4 aromatic rings. The van der Waals surface area contributed by atoms with Crippen molar-refractivity contribution < 1.29 is 4.92 Å². The first kappa shape index (κ1) is 19.0. The Kier molecular flexibility index (Phi) is 5.29. The van der Waals surface area contributed by atoms with Crippen molar-refractivity contribution in [2.75, 3.05) is 0 Å². The van der Waals surface area contributed by atoms with E-state index in [0.29, 0.717) is 23.5 Å². The quantitative estimate of drug-likeness (QED) is 0.303. The van der Waals surface area contributed by atoms with Crippen LogP contribution >= 0.6 is 0 Å². The van der Waals surface area contributed by atoms with Crippen molar-refractivity contribution in [2.45, 2.75) is 6.54 Å². The summed E-state index contributed by atoms with van der Waals surface area (Å²) in [5.41, 5.74) is 2.95. The first-order valence-electron chi connectivity index (χ1n) is 9.17. The van der Waals surface area contributed by atoms with Gasteiger partial charge in [-0.25, -0.2) is 4.68 Å². The number of aromatic amines is 1. The third-order valence-corrected chi connectivity index (χ3v) is 4.52. The summed E-state index contributed by atoms with van der Waals surface area (Å²) in [6, 6.07) is 19.0. The molecule has 0 fully saturated rings. The normalized spacial score (nSPS) is 11.1. The molecular weight excluding hydrogens is 382 g/mol. The third-order valence-electron chi connectivity index (χ3n) is 4.52. The number of aromatic nitrogens is 3. The van der Waals surface area contributed by atoms with Gasteiger partial charge >= 0.3 is 0 Å². The van der Waals surface area contributed by atoms with Gasteiger partial charge in [-0.3, -0.25) is 30.0 Å². The van der Waals surface area contributed by atoms with Crippen LogP contribution in [0.15, 0.2) is 88.9 Å². The zero-order chi connectivity index (χ0) is 20.9. The number of benzene rings is 2. The van der Waals surface area contributed by atoms with Gasteiger partial charge in [-0.1, -0.05) is 36.4 Å². The number of H-pyrrole nitrogens is 1. The minimum Gasteiger partial charge on any atom is -0.290 e. The smallest absolute Gasteiger partial charge is 0.280 e. The SMILES string of the molecule is O=c1c(C=NCc2cccnc2)c(-c2ccccc2)[nH]n1-c1ccc([N+](=O)[O-])cc1. The van der Waals surface area contributed by atoms with Gasteiger partial charge in [0.2, 0.25) is 0 Å². The van der Waals surface area contributed by atoms with Crippen molar-refractivity contribution in [2.24, 2.45) is 4.99 Å². The maximum absolute atomic E-state index is 13.1. The first-order valence-corrected chi connectivity index (χ1v) is 9.17. The predicted molar refractivity (Wildman–Crippen MR) is 114 cm³/mol. The van der Waals surface area contributed by atoms with E-state index < -0.39 is 4.92 Å². The third kappa shape index (κ3) is 3.93. The van der Waals surface area contributed by atoms with Crippen molar-refractivity contribution >= 4 is 11.9 Å². The van der Waals surface area contributed by atoms with Gasteiger partial charge in [0.15, 0.2) is 0 Å². The fourth-order valence-corrected chi connectivity index (χ4v) is 3.03. The highest BCUT2D eigenvalue weighted by Crippen LogP contribution is 2.21. The van der Waals surface area contributed by atoms with Gasteiger partial charge in [0.05, 0.1) is 28.4 Å². The Balaban J connectivity index is 1.75. The first-order chi connectivity index (χ1) is 14.6. The van der Waals surface area contributed by atoms with Crippen LogP contribution in [0.5, 0.6) is 0 Å². The molecule has 2 heterocycles. The summed E-state index contributed by atoms with van der Waals surface area (Å²) in [7, 11) is 0. The molecule has 0 unspecified atom stereocenters. The number of hydrogen-bond donors (Lipinski definition) is 1. The number of nitrogens with one attached hydrogen (secondary N) is 1. The zero-order valence-electron chi connectivity index (χ0n) is 15.8. The van der Waals surface area contributed by atoms with Gasteiger partial charge in [0.25, 0.3) is 11.2 Å². The van der Waals surface area contributed by atoms with Gasteiger partial charge in [0, 0.05) is 36.3 Å². The average Bonchev–Trinajstić information content (AvgIpc) is 3.11. The van der Waals surface area contributed by atoms with Crippen LogP contribution in [-0.4, -0.2) is 25.9 Å². The molecule has 4 rings (SSSR count). The lowest BCUT2D eigenvalue weighted by atomic mass is 10.1. The summed E-state index contributed by atoms with van der Waals surface area (Å²) in [4.78, 5) is 32.0. The van der Waals surface area contributed by atoms with Crippen LogP contribution in [0.2, 0.25) is 0 Å². The van der Waals surface area contributed by atoms with E-state index in [1.807, 2.05) is 42.5 Å². The number of pyridine rings is 1. The number of rotatable bonds is 6. The Bertz CT molecular complexity index is 1240. The maximum atomic E-state index is 13.1. The molecular formula is C22H17N5O3. The highest BCUT2D eigenvalue weighted by atomic mass is 16.6. The molecule has 0 spiro atoms. The number of aliphatic imine (C=N–C) groups is 1. The summed E-state index contributed by atoms with van der Waals surface area (Å²) >= 11 is 0. The van der Waals surface area contributed by atoms with Crippen molar-refractivity contribution in [3.05, 3.63) is 111 Å². The number of nitro groups is 1. The van der Waals surface area contributed by atoms with E-state index >= 15 is 0 Å². The van der Waals surface area contributed by atoms with Crippen LogP contribution in [0.4, 0.5) is 5.69 Å². The van der Waals surface area contributed by atoms with Gasteiger partial charge < -0.3 is 0 Å². The Labute approximate surface area is 171 Å². The van der Waals surface area contributed by atoms with Crippen LogP contribution in [0.1, 0.15) is 11.1 Å². The molecule has 1 N–H and O–H groups in total. The van der Waals surface area contributed by atoms with Gasteiger partial charge in [-0.15, -0.1) is 0 Å². The molecule has 30 heavy (non-hydrogen) atoms. The Morgan fingerprint density at radius 2 is 1.83 bits per heavy atom. The molecule has 8 heteroatoms. The van der Waals surface area contributed by atoms with E-state index in [9.17, 15) is 14.9 Å². The zero-order valence-corrected chi connectivity index (χ0v) is 15.8. The molecule has 2 aromatic carbocycles. The highest BCUT2D eigenvalue weighted by Gasteiger charge is 2.16. The second-order valence-electron chi connectivity index (χ2n) is 6.51. The molecule has 0 aliphatic carbocycles. The lowest BCUT2D eigenvalue weighted by molar-refractivity contribution is -0.384. The van der Waals surface area contributed by atoms with Crippen LogP contribution in [0, 0.1) is 10.1 Å². The molecule has 0 aliphatic heterocycles. The van der Waals surface area contributed by atoms with E-state index in [-0.39, 0.29) is 11.2 Å². The maximum Gasteiger partial charge on any atom is 0.280 e. The average molecular weight is 399 g/mol. The van der Waals surface area contributed by atoms with Crippen LogP contribution < -0.4 is 5.56 Å². The van der Waals surface area contributed by atoms with E-state index in [4.69, 9.17) is 0 Å². The molecule has 2 aromatic heterocycles. The minimum absolute atomic E-state index is 0.0418. The van der Waals surface area contributed by atoms with Crippen LogP contribution in [0.3, 0.4) is 0 Å². The molecule has 0 atom stereocenters. The molecule has 0 bridgehead atoms. The Morgan fingerprint density at radius 1 is 1.07 bits per heavy atom. The van der Waals surface area contributed by atoms with E-state index in [1.165, 1.54) is 28.9 Å². The Morgan fingerprint density at radius 3 is 2.50 bits per heavy atom. The minimum atomic E-state index is -0.479. The second-order valence-corrected chi connectivity index (χ2v) is 6.51. The number of hydrogen-bond acceptors (Lipinski definition) is 5. The molecule has 0 aliphatic rings. The van der Waals surface area contributed by atoms with Crippen molar-refractivity contribution in [3.63, 3.8) is 0 Å². The standard InChI is InChI=1S/C22H17N5O3/c28-22-20(15-24-14-16-5-4-12-23-13-16)21(17-6-2-1-3-7-17)25-26(22)18-8-10-19(11-9-18)27(29)30/h1-13,15,25H,14H2. The van der Waals surface area contributed by atoms with Gasteiger partial charge in [0.1, 0.15) is 0 Å². The van der Waals surface area contributed by atoms with Crippen LogP contribution in [0.25, 0.3) is 16.9 Å². The largest absolute Gasteiger partial charge is 0.290 e.